The van der Waals surface area contributed by atoms with Crippen molar-refractivity contribution in [2.75, 3.05) is 26.7 Å². The maximum atomic E-state index is 10.8. The number of methoxy groups -OCH3 is 1. The number of nitrogens with zero attached hydrogens (tertiary/aromatic N) is 2. The molecule has 0 amide bonds. The number of ether oxygens (including phenoxy) is 1. The monoisotopic (exact) mass is 430 g/mol. The van der Waals surface area contributed by atoms with Crippen molar-refractivity contribution in [2.45, 2.75) is 24.9 Å². The number of likely N-dealkylation sites (tertiary alicyclic amines) is 1. The molecule has 0 bridgehead atoms. The van der Waals surface area contributed by atoms with Crippen molar-refractivity contribution in [1.29, 1.82) is 0 Å². The number of hydrogen-bond donors (Lipinski definition) is 0. The Morgan fingerprint density at radius 1 is 0.906 bits per heavy atom. The van der Waals surface area contributed by atoms with E-state index in [2.05, 4.69) is 65.6 Å². The molecule has 0 saturated carbocycles. The maximum Gasteiger partial charge on any atom is 0.269 e. The fraction of sp³-hybridized carbons (Fsp3) is 0.333. The summed E-state index contributed by atoms with van der Waals surface area (Å²) in [6.07, 6.45) is 3.01. The van der Waals surface area contributed by atoms with E-state index in [1.54, 1.807) is 12.1 Å². The zero-order valence-electron chi connectivity index (χ0n) is 18.5. The van der Waals surface area contributed by atoms with Crippen LogP contribution in [0.5, 0.6) is 0 Å². The molecular weight excluding hydrogens is 400 g/mol. The molecule has 0 aliphatic carbocycles. The molecule has 1 saturated heterocycles. The second-order valence-corrected chi connectivity index (χ2v) is 8.46. The zero-order valence-corrected chi connectivity index (χ0v) is 18.5. The average Bonchev–Trinajstić information content (AvgIpc) is 2.86. The van der Waals surface area contributed by atoms with Gasteiger partial charge in [-0.3, -0.25) is 10.1 Å². The highest BCUT2D eigenvalue weighted by Crippen LogP contribution is 2.44. The summed E-state index contributed by atoms with van der Waals surface area (Å²) >= 11 is 0. The Bertz CT molecular complexity index is 959. The van der Waals surface area contributed by atoms with Crippen LogP contribution in [0.4, 0.5) is 5.69 Å². The Balaban J connectivity index is 1.45. The van der Waals surface area contributed by atoms with E-state index in [-0.39, 0.29) is 10.6 Å². The molecule has 5 nitrogen and oxygen atoms in total. The van der Waals surface area contributed by atoms with Gasteiger partial charge in [-0.05, 0) is 55.0 Å². The van der Waals surface area contributed by atoms with Gasteiger partial charge in [-0.1, -0.05) is 72.8 Å². The summed E-state index contributed by atoms with van der Waals surface area (Å²) in [5, 5.41) is 10.8. The number of rotatable bonds is 8. The molecule has 1 aliphatic heterocycles. The molecule has 1 heterocycles. The van der Waals surface area contributed by atoms with Gasteiger partial charge in [-0.15, -0.1) is 0 Å². The van der Waals surface area contributed by atoms with E-state index in [0.29, 0.717) is 5.92 Å². The van der Waals surface area contributed by atoms with Gasteiger partial charge in [0.25, 0.3) is 5.69 Å². The zero-order chi connectivity index (χ0) is 22.4. The fourth-order valence-corrected chi connectivity index (χ4v) is 5.05. The number of nitro groups is 1. The molecule has 0 unspecified atom stereocenters. The highest BCUT2D eigenvalue weighted by Gasteiger charge is 2.43. The third-order valence-electron chi connectivity index (χ3n) is 6.75. The summed E-state index contributed by atoms with van der Waals surface area (Å²) in [4.78, 5) is 13.0. The van der Waals surface area contributed by atoms with Gasteiger partial charge in [0, 0.05) is 25.8 Å². The maximum absolute atomic E-state index is 10.8. The first-order valence-electron chi connectivity index (χ1n) is 11.3. The second kappa shape index (κ2) is 10.1. The summed E-state index contributed by atoms with van der Waals surface area (Å²) in [6, 6.07) is 28.1. The predicted molar refractivity (Wildman–Crippen MR) is 127 cm³/mol. The van der Waals surface area contributed by atoms with E-state index < -0.39 is 5.60 Å². The normalized spacial score (nSPS) is 15.5. The van der Waals surface area contributed by atoms with Crippen LogP contribution in [0.1, 0.15) is 29.5 Å². The van der Waals surface area contributed by atoms with Crippen LogP contribution in [0.15, 0.2) is 84.9 Å². The van der Waals surface area contributed by atoms with Crippen molar-refractivity contribution in [2.24, 2.45) is 5.92 Å². The number of nitro benzene ring substituents is 1. The first kappa shape index (κ1) is 22.2. The van der Waals surface area contributed by atoms with Gasteiger partial charge >= 0.3 is 0 Å². The highest BCUT2D eigenvalue weighted by molar-refractivity contribution is 5.38. The topological polar surface area (TPSA) is 55.6 Å². The summed E-state index contributed by atoms with van der Waals surface area (Å²) < 4.78 is 6.37. The van der Waals surface area contributed by atoms with Gasteiger partial charge < -0.3 is 9.64 Å². The lowest BCUT2D eigenvalue weighted by Crippen LogP contribution is -2.45. The Hall–Kier alpha value is -3.02. The van der Waals surface area contributed by atoms with Crippen molar-refractivity contribution in [3.05, 3.63) is 112 Å². The van der Waals surface area contributed by atoms with Crippen LogP contribution in [0.2, 0.25) is 0 Å². The predicted octanol–water partition coefficient (Wildman–Crippen LogP) is 5.44. The number of hydrogen-bond acceptors (Lipinski definition) is 4. The molecule has 1 aliphatic rings. The van der Waals surface area contributed by atoms with Crippen LogP contribution in [0.3, 0.4) is 0 Å². The van der Waals surface area contributed by atoms with Gasteiger partial charge in [0.15, 0.2) is 0 Å². The van der Waals surface area contributed by atoms with E-state index in [9.17, 15) is 10.1 Å². The lowest BCUT2D eigenvalue weighted by molar-refractivity contribution is -0.384. The Morgan fingerprint density at radius 2 is 1.44 bits per heavy atom. The smallest absolute Gasteiger partial charge is 0.269 e. The van der Waals surface area contributed by atoms with E-state index in [1.165, 1.54) is 11.1 Å². The van der Waals surface area contributed by atoms with Crippen molar-refractivity contribution in [3.63, 3.8) is 0 Å². The van der Waals surface area contributed by atoms with Crippen LogP contribution in [0, 0.1) is 16.0 Å². The molecule has 4 rings (SSSR count). The molecule has 3 aromatic carbocycles. The molecular formula is C27H30N2O3. The minimum absolute atomic E-state index is 0.146. The minimum atomic E-state index is -0.451. The van der Waals surface area contributed by atoms with Crippen LogP contribution in [0.25, 0.3) is 0 Å². The van der Waals surface area contributed by atoms with Gasteiger partial charge in [-0.25, -0.2) is 0 Å². The Labute approximate surface area is 189 Å². The molecule has 3 aromatic rings. The molecule has 0 spiro atoms. The Morgan fingerprint density at radius 3 is 1.91 bits per heavy atom. The third kappa shape index (κ3) is 4.59. The number of non-ortho nitro benzene ring substituents is 1. The third-order valence-corrected chi connectivity index (χ3v) is 6.75. The van der Waals surface area contributed by atoms with Gasteiger partial charge in [0.2, 0.25) is 0 Å². The molecule has 0 N–H and O–H groups in total. The lowest BCUT2D eigenvalue weighted by atomic mass is 9.71. The fourth-order valence-electron chi connectivity index (χ4n) is 5.05. The van der Waals surface area contributed by atoms with E-state index >= 15 is 0 Å². The minimum Gasteiger partial charge on any atom is -0.368 e. The van der Waals surface area contributed by atoms with Crippen LogP contribution in [-0.2, 0) is 16.8 Å². The first-order chi connectivity index (χ1) is 15.6. The average molecular weight is 431 g/mol. The summed E-state index contributed by atoms with van der Waals surface area (Å²) in [5.41, 5.74) is 3.24. The molecule has 32 heavy (non-hydrogen) atoms. The van der Waals surface area contributed by atoms with Gasteiger partial charge in [0.1, 0.15) is 5.60 Å². The number of benzene rings is 3. The Kier molecular flexibility index (Phi) is 6.98. The second-order valence-electron chi connectivity index (χ2n) is 8.46. The largest absolute Gasteiger partial charge is 0.368 e. The van der Waals surface area contributed by atoms with Crippen molar-refractivity contribution >= 4 is 5.69 Å². The summed E-state index contributed by atoms with van der Waals surface area (Å²) in [5.74, 6) is 0.382. The van der Waals surface area contributed by atoms with Crippen LogP contribution >= 0.6 is 0 Å². The van der Waals surface area contributed by atoms with Crippen LogP contribution in [-0.4, -0.2) is 36.6 Å². The molecule has 1 fully saturated rings. The SMILES string of the molecule is COC(c1ccccc1)(c1ccccc1)C1CCN(CCc2ccc([N+](=O)[O-])cc2)CC1. The van der Waals surface area contributed by atoms with Crippen LogP contribution < -0.4 is 0 Å². The molecule has 0 radical (unpaired) electrons. The standard InChI is InChI=1S/C27H30N2O3/c1-32-27(23-8-4-2-5-9-23,24-10-6-3-7-11-24)25-17-20-28(21-18-25)19-16-22-12-14-26(15-13-22)29(30)31/h2-15,25H,16-21H2,1H3. The quantitative estimate of drug-likeness (QED) is 0.353. The molecule has 5 heteroatoms. The van der Waals surface area contributed by atoms with E-state index in [4.69, 9.17) is 4.74 Å². The van der Waals surface area contributed by atoms with Crippen molar-refractivity contribution in [3.8, 4) is 0 Å². The van der Waals surface area contributed by atoms with Gasteiger partial charge in [-0.2, -0.15) is 0 Å². The van der Waals surface area contributed by atoms with Gasteiger partial charge in [0.05, 0.1) is 4.92 Å². The highest BCUT2D eigenvalue weighted by atomic mass is 16.6. The molecule has 166 valence electrons. The van der Waals surface area contributed by atoms with Crippen molar-refractivity contribution in [1.82, 2.24) is 4.90 Å². The van der Waals surface area contributed by atoms with E-state index in [1.807, 2.05) is 19.2 Å². The van der Waals surface area contributed by atoms with E-state index in [0.717, 1.165) is 44.5 Å². The molecule has 0 atom stereocenters. The lowest BCUT2D eigenvalue weighted by Gasteiger charge is -2.44. The summed E-state index contributed by atoms with van der Waals surface area (Å²) in [6.45, 7) is 2.99. The van der Waals surface area contributed by atoms with Crippen molar-refractivity contribution < 1.29 is 9.66 Å². The summed E-state index contributed by atoms with van der Waals surface area (Å²) in [7, 11) is 1.83. The number of piperidine rings is 1. The first-order valence-corrected chi connectivity index (χ1v) is 11.3. The molecule has 0 aromatic heterocycles.